The lowest BCUT2D eigenvalue weighted by atomic mass is 10.0. The highest BCUT2D eigenvalue weighted by Crippen LogP contribution is 2.30. The molecule has 9 nitrogen and oxygen atoms in total. The average molecular weight is 428 g/mol. The molecule has 0 bridgehead atoms. The number of aliphatic imine (C=N–C) groups is 1. The number of nitrogens with one attached hydrogen (secondary N) is 1. The van der Waals surface area contributed by atoms with Crippen LogP contribution in [-0.4, -0.2) is 41.7 Å². The lowest BCUT2D eigenvalue weighted by molar-refractivity contribution is -0.114. The van der Waals surface area contributed by atoms with Crippen molar-refractivity contribution < 1.29 is 18.3 Å². The molecule has 0 saturated carbocycles. The van der Waals surface area contributed by atoms with Crippen LogP contribution in [0.2, 0.25) is 0 Å². The van der Waals surface area contributed by atoms with Crippen LogP contribution >= 0.6 is 0 Å². The minimum absolute atomic E-state index is 0.0800. The lowest BCUT2D eigenvalue weighted by Crippen LogP contribution is -2.29. The second-order valence-corrected chi connectivity index (χ2v) is 9.30. The molecule has 10 heteroatoms. The van der Waals surface area contributed by atoms with Crippen LogP contribution in [0, 0.1) is 18.3 Å². The third-order valence-electron chi connectivity index (χ3n) is 4.90. The summed E-state index contributed by atoms with van der Waals surface area (Å²) in [5.74, 6) is -0.969. The number of carbonyl (C=O) groups excluding carboxylic acids is 1. The SMILES string of the molecule is CC(=O)Nc1ccc(N=Cc2c(C)c(C#N)c(=O)n(C3CCS(=O)(=O)C3)c2O)cc1. The maximum atomic E-state index is 12.7. The topological polar surface area (TPSA) is 142 Å². The fourth-order valence-corrected chi connectivity index (χ4v) is 5.09. The first-order valence-electron chi connectivity index (χ1n) is 9.13. The quantitative estimate of drug-likeness (QED) is 0.711. The summed E-state index contributed by atoms with van der Waals surface area (Å²) in [7, 11) is -3.31. The van der Waals surface area contributed by atoms with Crippen LogP contribution in [0.5, 0.6) is 5.88 Å². The van der Waals surface area contributed by atoms with Crippen LogP contribution in [0.1, 0.15) is 36.1 Å². The zero-order valence-electron chi connectivity index (χ0n) is 16.4. The van der Waals surface area contributed by atoms with Gasteiger partial charge in [0.15, 0.2) is 9.84 Å². The van der Waals surface area contributed by atoms with Gasteiger partial charge in [0.05, 0.1) is 28.8 Å². The molecule has 2 N–H and O–H groups in total. The van der Waals surface area contributed by atoms with Gasteiger partial charge >= 0.3 is 0 Å². The zero-order chi connectivity index (χ0) is 22.1. The average Bonchev–Trinajstić information content (AvgIpc) is 3.02. The molecule has 0 spiro atoms. The summed E-state index contributed by atoms with van der Waals surface area (Å²) < 4.78 is 24.7. The summed E-state index contributed by atoms with van der Waals surface area (Å²) in [5.41, 5.74) is 0.661. The Morgan fingerprint density at radius 2 is 2.03 bits per heavy atom. The highest BCUT2D eigenvalue weighted by atomic mass is 32.2. The molecule has 30 heavy (non-hydrogen) atoms. The molecule has 2 heterocycles. The van der Waals surface area contributed by atoms with E-state index in [9.17, 15) is 28.4 Å². The first-order valence-corrected chi connectivity index (χ1v) is 11.0. The predicted molar refractivity (Wildman–Crippen MR) is 112 cm³/mol. The van der Waals surface area contributed by atoms with E-state index < -0.39 is 27.3 Å². The van der Waals surface area contributed by atoms with Gasteiger partial charge in [-0.15, -0.1) is 0 Å². The minimum Gasteiger partial charge on any atom is -0.494 e. The van der Waals surface area contributed by atoms with E-state index >= 15 is 0 Å². The van der Waals surface area contributed by atoms with Gasteiger partial charge in [-0.3, -0.25) is 19.1 Å². The van der Waals surface area contributed by atoms with E-state index in [1.165, 1.54) is 20.1 Å². The van der Waals surface area contributed by atoms with E-state index in [1.807, 2.05) is 6.07 Å². The molecule has 1 atom stereocenters. The number of rotatable bonds is 4. The molecule has 1 amide bonds. The van der Waals surface area contributed by atoms with Gasteiger partial charge in [0.1, 0.15) is 11.6 Å². The molecule has 3 rings (SSSR count). The van der Waals surface area contributed by atoms with Crippen molar-refractivity contribution in [2.45, 2.75) is 26.3 Å². The molecule has 1 aromatic carbocycles. The van der Waals surface area contributed by atoms with Crippen LogP contribution in [-0.2, 0) is 14.6 Å². The number of hydrogen-bond donors (Lipinski definition) is 2. The number of anilines is 1. The maximum Gasteiger partial charge on any atom is 0.271 e. The minimum atomic E-state index is -3.31. The van der Waals surface area contributed by atoms with Crippen molar-refractivity contribution in [1.29, 1.82) is 5.26 Å². The molecule has 1 aliphatic heterocycles. The molecule has 156 valence electrons. The Morgan fingerprint density at radius 3 is 2.57 bits per heavy atom. The number of benzene rings is 1. The van der Waals surface area contributed by atoms with E-state index in [1.54, 1.807) is 24.3 Å². The van der Waals surface area contributed by atoms with Gasteiger partial charge in [-0.25, -0.2) is 8.42 Å². The van der Waals surface area contributed by atoms with Crippen LogP contribution < -0.4 is 10.9 Å². The fourth-order valence-electron chi connectivity index (χ4n) is 3.39. The molecular formula is C20H20N4O5S. The van der Waals surface area contributed by atoms with Gasteiger partial charge in [0, 0.05) is 18.8 Å². The summed E-state index contributed by atoms with van der Waals surface area (Å²) in [5, 5.41) is 22.8. The van der Waals surface area contributed by atoms with Crippen molar-refractivity contribution in [3.05, 3.63) is 51.3 Å². The van der Waals surface area contributed by atoms with Crippen molar-refractivity contribution in [2.24, 2.45) is 4.99 Å². The fraction of sp³-hybridized carbons (Fsp3) is 0.300. The highest BCUT2D eigenvalue weighted by Gasteiger charge is 2.33. The van der Waals surface area contributed by atoms with Crippen molar-refractivity contribution in [1.82, 2.24) is 4.57 Å². The van der Waals surface area contributed by atoms with Crippen LogP contribution in [0.25, 0.3) is 0 Å². The van der Waals surface area contributed by atoms with Gasteiger partial charge in [-0.1, -0.05) is 0 Å². The lowest BCUT2D eigenvalue weighted by Gasteiger charge is -2.18. The molecule has 2 aromatic rings. The number of hydrogen-bond acceptors (Lipinski definition) is 7. The first-order chi connectivity index (χ1) is 14.1. The molecule has 1 aromatic heterocycles. The first kappa shape index (κ1) is 21.3. The standard InChI is InChI=1S/C20H20N4O5S/c1-12-17(9-21)19(26)24(16-7-8-30(28,29)11-16)20(27)18(12)10-22-14-3-5-15(6-4-14)23-13(2)25/h3-6,10,16,27H,7-8,11H2,1-2H3,(H,23,25). The summed E-state index contributed by atoms with van der Waals surface area (Å²) in [4.78, 5) is 28.1. The van der Waals surface area contributed by atoms with E-state index in [0.717, 1.165) is 4.57 Å². The zero-order valence-corrected chi connectivity index (χ0v) is 17.2. The van der Waals surface area contributed by atoms with E-state index in [-0.39, 0.29) is 40.5 Å². The Kier molecular flexibility index (Phi) is 5.75. The number of nitrogens with zero attached hydrogens (tertiary/aromatic N) is 3. The van der Waals surface area contributed by atoms with E-state index in [0.29, 0.717) is 11.4 Å². The van der Waals surface area contributed by atoms with Crippen LogP contribution in [0.3, 0.4) is 0 Å². The normalized spacial score (nSPS) is 17.7. The Balaban J connectivity index is 2.03. The second kappa shape index (κ2) is 8.12. The van der Waals surface area contributed by atoms with Crippen LogP contribution in [0.15, 0.2) is 34.1 Å². The summed E-state index contributed by atoms with van der Waals surface area (Å²) >= 11 is 0. The van der Waals surface area contributed by atoms with Gasteiger partial charge < -0.3 is 10.4 Å². The molecule has 0 aliphatic carbocycles. The third-order valence-corrected chi connectivity index (χ3v) is 6.65. The maximum absolute atomic E-state index is 12.7. The molecular weight excluding hydrogens is 408 g/mol. The van der Waals surface area contributed by atoms with Gasteiger partial charge in [0.25, 0.3) is 5.56 Å². The smallest absolute Gasteiger partial charge is 0.271 e. The number of aromatic hydroxyl groups is 1. The van der Waals surface area contributed by atoms with Crippen molar-refractivity contribution in [3.8, 4) is 11.9 Å². The largest absolute Gasteiger partial charge is 0.494 e. The number of pyridine rings is 1. The molecule has 1 fully saturated rings. The van der Waals surface area contributed by atoms with Crippen molar-refractivity contribution >= 4 is 33.3 Å². The predicted octanol–water partition coefficient (Wildman–Crippen LogP) is 1.80. The molecule has 1 saturated heterocycles. The third kappa shape index (κ3) is 4.26. The summed E-state index contributed by atoms with van der Waals surface area (Å²) in [6.45, 7) is 2.92. The number of carbonyl (C=O) groups is 1. The van der Waals surface area contributed by atoms with E-state index in [4.69, 9.17) is 0 Å². The highest BCUT2D eigenvalue weighted by molar-refractivity contribution is 7.91. The number of sulfone groups is 1. The number of aromatic nitrogens is 1. The van der Waals surface area contributed by atoms with Crippen molar-refractivity contribution in [3.63, 3.8) is 0 Å². The van der Waals surface area contributed by atoms with Gasteiger partial charge in [-0.05, 0) is 43.2 Å². The Morgan fingerprint density at radius 1 is 1.37 bits per heavy atom. The molecule has 1 unspecified atom stereocenters. The number of nitriles is 1. The van der Waals surface area contributed by atoms with Gasteiger partial charge in [-0.2, -0.15) is 5.26 Å². The molecule has 1 aliphatic rings. The van der Waals surface area contributed by atoms with Crippen molar-refractivity contribution in [2.75, 3.05) is 16.8 Å². The molecule has 0 radical (unpaired) electrons. The Bertz CT molecular complexity index is 1240. The number of amides is 1. The Labute approximate surface area is 173 Å². The van der Waals surface area contributed by atoms with E-state index in [2.05, 4.69) is 10.3 Å². The van der Waals surface area contributed by atoms with Crippen LogP contribution in [0.4, 0.5) is 11.4 Å². The Hall–Kier alpha value is -3.45. The second-order valence-electron chi connectivity index (χ2n) is 7.07. The van der Waals surface area contributed by atoms with Gasteiger partial charge in [0.2, 0.25) is 11.8 Å². The monoisotopic (exact) mass is 428 g/mol. The summed E-state index contributed by atoms with van der Waals surface area (Å²) in [6.07, 6.45) is 1.52. The summed E-state index contributed by atoms with van der Waals surface area (Å²) in [6, 6.07) is 7.73.